The van der Waals surface area contributed by atoms with E-state index in [4.69, 9.17) is 0 Å². The van der Waals surface area contributed by atoms with Gasteiger partial charge in [0.1, 0.15) is 5.78 Å². The standard InChI is InChI=1S/C41H50N2O3S/c1-27(11-15-33-25-42-24-28(2)29(33)3)37-23-40(45)39-21-31(12-16-32(39)22-38(37)34-17-20-41(46)43-26-34)8-6-10-35(44)9-5-7-30-13-18-36(47-4)19-14-30/h12-14,16-21,24-29,37-38H,5-11,15,22-23H2,1-4H3,(H,43,46). The van der Waals surface area contributed by atoms with E-state index in [0.717, 1.165) is 67.2 Å². The number of aliphatic imine (C=N–C) groups is 1. The molecule has 0 saturated heterocycles. The van der Waals surface area contributed by atoms with Crippen LogP contribution in [0.1, 0.15) is 104 Å². The van der Waals surface area contributed by atoms with Gasteiger partial charge in [-0.3, -0.25) is 19.4 Å². The molecule has 0 saturated carbocycles. The molecule has 2 aromatic carbocycles. The van der Waals surface area contributed by atoms with Crippen molar-refractivity contribution in [2.75, 3.05) is 6.26 Å². The van der Waals surface area contributed by atoms with Gasteiger partial charge in [0.05, 0.1) is 0 Å². The number of nitrogens with zero attached hydrogens (tertiary/aromatic N) is 1. The van der Waals surface area contributed by atoms with Crippen molar-refractivity contribution in [2.45, 2.75) is 95.8 Å². The van der Waals surface area contributed by atoms with E-state index in [2.05, 4.69) is 79.5 Å². The van der Waals surface area contributed by atoms with Gasteiger partial charge in [-0.2, -0.15) is 0 Å². The van der Waals surface area contributed by atoms with Crippen LogP contribution >= 0.6 is 11.8 Å². The van der Waals surface area contributed by atoms with Gasteiger partial charge < -0.3 is 4.98 Å². The Hall–Kier alpha value is -3.51. The van der Waals surface area contributed by atoms with Crippen LogP contribution < -0.4 is 5.56 Å². The molecule has 0 radical (unpaired) electrons. The van der Waals surface area contributed by atoms with E-state index in [1.807, 2.05) is 24.7 Å². The van der Waals surface area contributed by atoms with E-state index in [0.29, 0.717) is 42.8 Å². The number of fused-ring (bicyclic) bond motifs is 1. The first-order chi connectivity index (χ1) is 22.7. The van der Waals surface area contributed by atoms with Crippen LogP contribution in [0.15, 0.2) is 87.2 Å². The van der Waals surface area contributed by atoms with Crippen molar-refractivity contribution in [3.63, 3.8) is 0 Å². The maximum Gasteiger partial charge on any atom is 0.247 e. The minimum Gasteiger partial charge on any atom is -0.329 e. The van der Waals surface area contributed by atoms with Crippen molar-refractivity contribution in [3.05, 3.63) is 111 Å². The third kappa shape index (κ3) is 9.31. The summed E-state index contributed by atoms with van der Waals surface area (Å²) in [5, 5.41) is 0. The van der Waals surface area contributed by atoms with Crippen LogP contribution in [0.2, 0.25) is 0 Å². The highest BCUT2D eigenvalue weighted by Gasteiger charge is 2.35. The molecule has 1 aromatic heterocycles. The maximum absolute atomic E-state index is 13.9. The zero-order chi connectivity index (χ0) is 33.3. The zero-order valence-electron chi connectivity index (χ0n) is 28.5. The quantitative estimate of drug-likeness (QED) is 0.139. The Kier molecular flexibility index (Phi) is 12.3. The van der Waals surface area contributed by atoms with Crippen molar-refractivity contribution < 1.29 is 9.59 Å². The Balaban J connectivity index is 1.21. The number of allylic oxidation sites excluding steroid dienone is 1. The zero-order valence-corrected chi connectivity index (χ0v) is 29.3. The van der Waals surface area contributed by atoms with E-state index in [-0.39, 0.29) is 23.2 Å². The molecular formula is C41H50N2O3S. The second-order valence-corrected chi connectivity index (χ2v) is 14.7. The lowest BCUT2D eigenvalue weighted by Gasteiger charge is -2.31. The van der Waals surface area contributed by atoms with Gasteiger partial charge in [0.25, 0.3) is 0 Å². The lowest BCUT2D eigenvalue weighted by atomic mass is 9.73. The molecule has 3 aromatic rings. The summed E-state index contributed by atoms with van der Waals surface area (Å²) in [7, 11) is 0. The van der Waals surface area contributed by atoms with E-state index in [1.54, 1.807) is 17.8 Å². The summed E-state index contributed by atoms with van der Waals surface area (Å²) in [6.45, 7) is 6.79. The topological polar surface area (TPSA) is 79.4 Å². The number of benzene rings is 2. The SMILES string of the molecule is CSc1ccc(CCCC(=O)CCCc2ccc3c(c2)C(=O)CC(C(C)CCC2=CN=CC(C)C2C)C(c2ccc(=O)[nH]c2)C3)cc1. The number of aromatic amines is 1. The maximum atomic E-state index is 13.9. The molecule has 248 valence electrons. The first-order valence-electron chi connectivity index (χ1n) is 17.4. The number of hydrogen-bond acceptors (Lipinski definition) is 5. The molecule has 0 fully saturated rings. The number of aryl methyl sites for hydroxylation is 2. The second-order valence-electron chi connectivity index (χ2n) is 13.8. The van der Waals surface area contributed by atoms with Gasteiger partial charge in [-0.1, -0.05) is 51.1 Å². The number of rotatable bonds is 14. The molecule has 47 heavy (non-hydrogen) atoms. The predicted octanol–water partition coefficient (Wildman–Crippen LogP) is 9.20. The highest BCUT2D eigenvalue weighted by molar-refractivity contribution is 7.98. The Morgan fingerprint density at radius 1 is 0.936 bits per heavy atom. The summed E-state index contributed by atoms with van der Waals surface area (Å²) in [6.07, 6.45) is 15.8. The van der Waals surface area contributed by atoms with Crippen molar-refractivity contribution >= 4 is 29.5 Å². The first-order valence-corrected chi connectivity index (χ1v) is 18.6. The number of ketones is 2. The van der Waals surface area contributed by atoms with Gasteiger partial charge >= 0.3 is 0 Å². The number of carbonyl (C=O) groups is 2. The molecule has 5 unspecified atom stereocenters. The average Bonchev–Trinajstić information content (AvgIpc) is 3.22. The van der Waals surface area contributed by atoms with Gasteiger partial charge in [-0.15, -0.1) is 11.8 Å². The second kappa shape index (κ2) is 16.5. The predicted molar refractivity (Wildman–Crippen MR) is 195 cm³/mol. The fraction of sp³-hybridized carbons (Fsp3) is 0.463. The van der Waals surface area contributed by atoms with Crippen LogP contribution in [0.4, 0.5) is 0 Å². The summed E-state index contributed by atoms with van der Waals surface area (Å²) >= 11 is 1.74. The van der Waals surface area contributed by atoms with Gasteiger partial charge in [-0.05, 0) is 127 Å². The van der Waals surface area contributed by atoms with Crippen LogP contribution in [0.25, 0.3) is 0 Å². The summed E-state index contributed by atoms with van der Waals surface area (Å²) < 4.78 is 0. The average molecular weight is 651 g/mol. The molecule has 0 amide bonds. The third-order valence-corrected chi connectivity index (χ3v) is 11.4. The fourth-order valence-electron chi connectivity index (χ4n) is 7.34. The van der Waals surface area contributed by atoms with Crippen LogP contribution in [-0.2, 0) is 24.1 Å². The van der Waals surface area contributed by atoms with Gasteiger partial charge in [0.15, 0.2) is 5.78 Å². The van der Waals surface area contributed by atoms with Crippen molar-refractivity contribution in [1.29, 1.82) is 0 Å². The largest absolute Gasteiger partial charge is 0.329 e. The van der Waals surface area contributed by atoms with Crippen LogP contribution in [0.3, 0.4) is 0 Å². The Bertz CT molecular complexity index is 1630. The van der Waals surface area contributed by atoms with E-state index in [1.165, 1.54) is 16.0 Å². The number of H-pyrrole nitrogens is 1. The van der Waals surface area contributed by atoms with E-state index < -0.39 is 0 Å². The summed E-state index contributed by atoms with van der Waals surface area (Å²) in [4.78, 5) is 47.1. The fourth-order valence-corrected chi connectivity index (χ4v) is 7.75. The van der Waals surface area contributed by atoms with Crippen molar-refractivity contribution in [1.82, 2.24) is 4.98 Å². The smallest absolute Gasteiger partial charge is 0.247 e. The number of carbonyl (C=O) groups excluding carboxylic acids is 2. The molecule has 5 atom stereocenters. The Morgan fingerprint density at radius 3 is 2.36 bits per heavy atom. The van der Waals surface area contributed by atoms with Crippen LogP contribution in [0.5, 0.6) is 0 Å². The Morgan fingerprint density at radius 2 is 1.66 bits per heavy atom. The lowest BCUT2D eigenvalue weighted by molar-refractivity contribution is -0.119. The van der Waals surface area contributed by atoms with Crippen molar-refractivity contribution in [2.24, 2.45) is 28.7 Å². The highest BCUT2D eigenvalue weighted by Crippen LogP contribution is 2.42. The molecule has 1 aliphatic carbocycles. The van der Waals surface area contributed by atoms with E-state index in [9.17, 15) is 14.4 Å². The molecule has 5 nitrogen and oxygen atoms in total. The van der Waals surface area contributed by atoms with E-state index >= 15 is 0 Å². The molecule has 2 heterocycles. The molecule has 1 N–H and O–H groups in total. The number of Topliss-reactive ketones (excluding diaryl/α,β-unsaturated/α-hetero) is 2. The monoisotopic (exact) mass is 650 g/mol. The summed E-state index contributed by atoms with van der Waals surface area (Å²) in [5.41, 5.74) is 6.68. The molecule has 5 rings (SSSR count). The Labute approximate surface area is 284 Å². The molecule has 6 heteroatoms. The lowest BCUT2D eigenvalue weighted by Crippen LogP contribution is -2.24. The van der Waals surface area contributed by atoms with Gasteiger partial charge in [0, 0.05) is 54.4 Å². The minimum absolute atomic E-state index is 0.111. The molecular weight excluding hydrogens is 601 g/mol. The van der Waals surface area contributed by atoms with Crippen LogP contribution in [-0.4, -0.2) is 29.0 Å². The number of hydrogen-bond donors (Lipinski definition) is 1. The van der Waals surface area contributed by atoms with Crippen molar-refractivity contribution in [3.8, 4) is 0 Å². The van der Waals surface area contributed by atoms with Gasteiger partial charge in [0.2, 0.25) is 5.56 Å². The van der Waals surface area contributed by atoms with Gasteiger partial charge in [-0.25, -0.2) is 0 Å². The number of pyridine rings is 1. The summed E-state index contributed by atoms with van der Waals surface area (Å²) in [6, 6.07) is 18.5. The number of nitrogens with one attached hydrogen (secondary N) is 1. The minimum atomic E-state index is -0.111. The van der Waals surface area contributed by atoms with Crippen LogP contribution in [0, 0.1) is 23.7 Å². The molecule has 0 spiro atoms. The highest BCUT2D eigenvalue weighted by atomic mass is 32.2. The third-order valence-electron chi connectivity index (χ3n) is 10.6. The number of aromatic nitrogens is 1. The summed E-state index contributed by atoms with van der Waals surface area (Å²) in [5.74, 6) is 2.05. The molecule has 0 bridgehead atoms. The molecule has 2 aliphatic rings. The first kappa shape index (κ1) is 34.8. The molecule has 1 aliphatic heterocycles. The number of thioether (sulfide) groups is 1. The normalized spacial score (nSPS) is 21.5.